The maximum Gasteiger partial charge on any atom is 0.433 e. The number of fused-ring (bicyclic) bond motifs is 1. The fraction of sp³-hybridized carbons (Fsp3) is 0.263. The first-order valence-corrected chi connectivity index (χ1v) is 8.88. The largest absolute Gasteiger partial charge is 0.433 e. The van der Waals surface area contributed by atoms with Crippen molar-refractivity contribution >= 4 is 46.8 Å². The molecular weight excluding hydrogens is 510 g/mol. The Labute approximate surface area is 188 Å². The number of para-hydroxylation sites is 1. The number of benzene rings is 1. The summed E-state index contributed by atoms with van der Waals surface area (Å²) in [4.78, 5) is 15.7. The zero-order valence-corrected chi connectivity index (χ0v) is 18.4. The smallest absolute Gasteiger partial charge is 0.355 e. The molecule has 3 rings (SSSR count). The lowest BCUT2D eigenvalue weighted by Gasteiger charge is -2.13. The van der Waals surface area contributed by atoms with Crippen LogP contribution in [0.3, 0.4) is 0 Å². The van der Waals surface area contributed by atoms with Crippen molar-refractivity contribution in [3.8, 4) is 0 Å². The second-order valence-electron chi connectivity index (χ2n) is 6.03. The third kappa shape index (κ3) is 6.40. The first kappa shape index (κ1) is 23.6. The van der Waals surface area contributed by atoms with Crippen molar-refractivity contribution in [3.05, 3.63) is 60.0 Å². The van der Waals surface area contributed by atoms with Crippen LogP contribution in [0.25, 0.3) is 10.9 Å². The first-order valence-electron chi connectivity index (χ1n) is 8.88. The quantitative estimate of drug-likeness (QED) is 0.196. The molecule has 1 aromatic carbocycles. The molecule has 0 bridgehead atoms. The van der Waals surface area contributed by atoms with E-state index in [0.717, 1.165) is 28.7 Å². The number of halogens is 4. The SMILES string of the molecule is CN=C(NCCNc1nccc(C(F)(F)F)n1)NCc1ccnc2ccccc12.I. The van der Waals surface area contributed by atoms with Crippen molar-refractivity contribution in [3.63, 3.8) is 0 Å². The van der Waals surface area contributed by atoms with Gasteiger partial charge in [-0.15, -0.1) is 24.0 Å². The molecule has 0 spiro atoms. The highest BCUT2D eigenvalue weighted by Gasteiger charge is 2.32. The fourth-order valence-corrected chi connectivity index (χ4v) is 2.67. The lowest BCUT2D eigenvalue weighted by Crippen LogP contribution is -2.39. The highest BCUT2D eigenvalue weighted by molar-refractivity contribution is 14.0. The van der Waals surface area contributed by atoms with Gasteiger partial charge in [-0.05, 0) is 23.8 Å². The van der Waals surface area contributed by atoms with Crippen LogP contribution in [0.15, 0.2) is 53.8 Å². The topological polar surface area (TPSA) is 87.1 Å². The Kier molecular flexibility index (Phi) is 8.57. The number of alkyl halides is 3. The molecule has 0 fully saturated rings. The molecule has 0 unspecified atom stereocenters. The van der Waals surface area contributed by atoms with Gasteiger partial charge in [0, 0.05) is 44.5 Å². The van der Waals surface area contributed by atoms with E-state index in [0.29, 0.717) is 25.6 Å². The van der Waals surface area contributed by atoms with E-state index in [2.05, 4.69) is 35.9 Å². The van der Waals surface area contributed by atoms with Crippen molar-refractivity contribution in [2.75, 3.05) is 25.5 Å². The average molecular weight is 531 g/mol. The molecule has 3 aromatic rings. The lowest BCUT2D eigenvalue weighted by molar-refractivity contribution is -0.141. The van der Waals surface area contributed by atoms with Gasteiger partial charge in [-0.2, -0.15) is 13.2 Å². The van der Waals surface area contributed by atoms with Crippen LogP contribution in [-0.4, -0.2) is 41.0 Å². The molecular formula is C19H21F3IN7. The number of pyridine rings is 1. The van der Waals surface area contributed by atoms with E-state index >= 15 is 0 Å². The van der Waals surface area contributed by atoms with Crippen molar-refractivity contribution in [1.29, 1.82) is 0 Å². The zero-order chi connectivity index (χ0) is 20.7. The van der Waals surface area contributed by atoms with Crippen molar-refractivity contribution in [2.24, 2.45) is 4.99 Å². The van der Waals surface area contributed by atoms with Gasteiger partial charge in [0.15, 0.2) is 5.96 Å². The summed E-state index contributed by atoms with van der Waals surface area (Å²) in [5, 5.41) is 10.1. The Morgan fingerprint density at radius 2 is 1.77 bits per heavy atom. The van der Waals surface area contributed by atoms with Gasteiger partial charge < -0.3 is 16.0 Å². The van der Waals surface area contributed by atoms with Gasteiger partial charge in [-0.25, -0.2) is 9.97 Å². The van der Waals surface area contributed by atoms with E-state index in [4.69, 9.17) is 0 Å². The average Bonchev–Trinajstić information content (AvgIpc) is 2.73. The van der Waals surface area contributed by atoms with Gasteiger partial charge in [0.1, 0.15) is 5.69 Å². The predicted molar refractivity (Wildman–Crippen MR) is 121 cm³/mol. The van der Waals surface area contributed by atoms with E-state index in [1.54, 1.807) is 13.2 Å². The number of guanidine groups is 1. The second kappa shape index (κ2) is 10.9. The van der Waals surface area contributed by atoms with Crippen molar-refractivity contribution < 1.29 is 13.2 Å². The first-order chi connectivity index (χ1) is 14.0. The summed E-state index contributed by atoms with van der Waals surface area (Å²) in [5.41, 5.74) is 1.01. The minimum Gasteiger partial charge on any atom is -0.355 e. The van der Waals surface area contributed by atoms with Crippen LogP contribution < -0.4 is 16.0 Å². The molecule has 0 saturated heterocycles. The Morgan fingerprint density at radius 1 is 1.00 bits per heavy atom. The number of aliphatic imine (C=N–C) groups is 1. The van der Waals surface area contributed by atoms with E-state index in [1.165, 1.54) is 0 Å². The maximum absolute atomic E-state index is 12.7. The van der Waals surface area contributed by atoms with Gasteiger partial charge in [0.2, 0.25) is 5.95 Å². The minimum absolute atomic E-state index is 0. The van der Waals surface area contributed by atoms with Gasteiger partial charge in [0.05, 0.1) is 5.52 Å². The fourth-order valence-electron chi connectivity index (χ4n) is 2.67. The number of hydrogen-bond acceptors (Lipinski definition) is 5. The Morgan fingerprint density at radius 3 is 2.53 bits per heavy atom. The monoisotopic (exact) mass is 531 g/mol. The molecule has 0 aliphatic heterocycles. The summed E-state index contributed by atoms with van der Waals surface area (Å²) in [6.07, 6.45) is -1.67. The van der Waals surface area contributed by atoms with E-state index in [1.807, 2.05) is 30.3 Å². The molecule has 7 nitrogen and oxygen atoms in total. The van der Waals surface area contributed by atoms with Crippen molar-refractivity contribution in [1.82, 2.24) is 25.6 Å². The molecule has 0 amide bonds. The summed E-state index contributed by atoms with van der Waals surface area (Å²) in [5.74, 6) is 0.491. The molecule has 2 aromatic heterocycles. The van der Waals surface area contributed by atoms with E-state index in [-0.39, 0.29) is 29.9 Å². The normalized spacial score (nSPS) is 11.7. The molecule has 2 heterocycles. The molecule has 0 aliphatic rings. The Hall–Kier alpha value is -2.70. The van der Waals surface area contributed by atoms with Gasteiger partial charge in [0.25, 0.3) is 0 Å². The van der Waals surface area contributed by atoms with Crippen LogP contribution in [-0.2, 0) is 12.7 Å². The summed E-state index contributed by atoms with van der Waals surface area (Å²) in [6, 6.07) is 10.6. The van der Waals surface area contributed by atoms with Crippen LogP contribution in [0.1, 0.15) is 11.3 Å². The number of rotatable bonds is 6. The number of nitrogens with one attached hydrogen (secondary N) is 3. The van der Waals surface area contributed by atoms with Crippen LogP contribution in [0, 0.1) is 0 Å². The molecule has 30 heavy (non-hydrogen) atoms. The number of nitrogens with zero attached hydrogens (tertiary/aromatic N) is 4. The predicted octanol–water partition coefficient (Wildman–Crippen LogP) is 3.44. The summed E-state index contributed by atoms with van der Waals surface area (Å²) in [7, 11) is 1.64. The summed E-state index contributed by atoms with van der Waals surface area (Å²) < 4.78 is 38.0. The highest BCUT2D eigenvalue weighted by atomic mass is 127. The Balaban J connectivity index is 0.00000320. The number of anilines is 1. The maximum atomic E-state index is 12.7. The summed E-state index contributed by atoms with van der Waals surface area (Å²) in [6.45, 7) is 1.28. The van der Waals surface area contributed by atoms with Crippen LogP contribution >= 0.6 is 24.0 Å². The third-order valence-corrected chi connectivity index (χ3v) is 4.06. The zero-order valence-electron chi connectivity index (χ0n) is 16.1. The lowest BCUT2D eigenvalue weighted by atomic mass is 10.1. The Bertz CT molecular complexity index is 990. The number of aromatic nitrogens is 3. The van der Waals surface area contributed by atoms with Crippen molar-refractivity contribution in [2.45, 2.75) is 12.7 Å². The molecule has 0 radical (unpaired) electrons. The third-order valence-electron chi connectivity index (χ3n) is 4.06. The number of hydrogen-bond donors (Lipinski definition) is 3. The van der Waals surface area contributed by atoms with E-state index < -0.39 is 11.9 Å². The van der Waals surface area contributed by atoms with Crippen LogP contribution in [0.4, 0.5) is 19.1 Å². The molecule has 0 saturated carbocycles. The summed E-state index contributed by atoms with van der Waals surface area (Å²) >= 11 is 0. The van der Waals surface area contributed by atoms with Gasteiger partial charge in [-0.3, -0.25) is 9.98 Å². The molecule has 11 heteroatoms. The molecule has 160 valence electrons. The van der Waals surface area contributed by atoms with E-state index in [9.17, 15) is 13.2 Å². The van der Waals surface area contributed by atoms with Crippen LogP contribution in [0.5, 0.6) is 0 Å². The standard InChI is InChI=1S/C19H20F3N7.HI/c1-23-17(28-12-13-6-8-24-15-5-3-2-4-14(13)15)26-10-11-27-18-25-9-7-16(29-18)19(20,21)22;/h2-9H,10-12H2,1H3,(H2,23,26,28)(H,25,27,29);1H. The van der Waals surface area contributed by atoms with Gasteiger partial charge in [-0.1, -0.05) is 18.2 Å². The highest BCUT2D eigenvalue weighted by Crippen LogP contribution is 2.27. The minimum atomic E-state index is -4.50. The molecule has 0 aliphatic carbocycles. The molecule has 0 atom stereocenters. The second-order valence-corrected chi connectivity index (χ2v) is 6.03. The van der Waals surface area contributed by atoms with Crippen LogP contribution in [0.2, 0.25) is 0 Å². The molecule has 3 N–H and O–H groups in total. The van der Waals surface area contributed by atoms with Gasteiger partial charge >= 0.3 is 6.18 Å².